The van der Waals surface area contributed by atoms with Gasteiger partial charge in [-0.2, -0.15) is 0 Å². The molecule has 0 aliphatic carbocycles. The van der Waals surface area contributed by atoms with Gasteiger partial charge in [0.1, 0.15) is 0 Å². The van der Waals surface area contributed by atoms with Gasteiger partial charge in [-0.1, -0.05) is 63.8 Å². The van der Waals surface area contributed by atoms with Gasteiger partial charge >= 0.3 is 0 Å². The first-order valence-corrected chi connectivity index (χ1v) is 9.91. The van der Waals surface area contributed by atoms with Crippen molar-refractivity contribution < 1.29 is 4.92 Å². The highest BCUT2D eigenvalue weighted by molar-refractivity contribution is 5.70. The lowest BCUT2D eigenvalue weighted by molar-refractivity contribution is -0.384. The summed E-state index contributed by atoms with van der Waals surface area (Å²) in [6.45, 7) is 4.48. The third-order valence-corrected chi connectivity index (χ3v) is 4.67. The molecular weight excluding hydrogens is 336 g/mol. The number of hydrogen-bond acceptors (Lipinski definition) is 3. The van der Waals surface area contributed by atoms with Crippen molar-refractivity contribution in [3.8, 4) is 0 Å². The normalized spacial score (nSPS) is 11.2. The van der Waals surface area contributed by atoms with E-state index in [1.165, 1.54) is 56.3 Å². The number of nitro benzene ring substituents is 1. The molecule has 0 atom stereocenters. The molecule has 2 aromatic carbocycles. The summed E-state index contributed by atoms with van der Waals surface area (Å²) >= 11 is 0. The van der Waals surface area contributed by atoms with Gasteiger partial charge in [-0.05, 0) is 48.2 Å². The Hall–Kier alpha value is -2.62. The van der Waals surface area contributed by atoms with Gasteiger partial charge in [-0.25, -0.2) is 0 Å². The third kappa shape index (κ3) is 7.26. The molecule has 144 valence electrons. The van der Waals surface area contributed by atoms with Crippen LogP contribution in [0, 0.1) is 10.1 Å². The van der Waals surface area contributed by atoms with Crippen LogP contribution in [0.1, 0.15) is 63.5 Å². The van der Waals surface area contributed by atoms with Crippen LogP contribution in [-0.4, -0.2) is 11.0 Å². The van der Waals surface area contributed by atoms with E-state index in [0.29, 0.717) is 6.04 Å². The molecule has 27 heavy (non-hydrogen) atoms. The standard InChI is InChI=1S/C23H30N2O2/c1-3-5-7-21(8-6-4-2)24-22-15-11-19(12-16-22)9-10-20-13-17-23(18-14-20)25(26)27/h9-18,21,24H,3-8H2,1-2H3/b10-9+. The monoisotopic (exact) mass is 366 g/mol. The van der Waals surface area contributed by atoms with E-state index in [-0.39, 0.29) is 10.6 Å². The minimum Gasteiger partial charge on any atom is -0.382 e. The van der Waals surface area contributed by atoms with Gasteiger partial charge in [0.05, 0.1) is 4.92 Å². The summed E-state index contributed by atoms with van der Waals surface area (Å²) in [6.07, 6.45) is 11.4. The molecular formula is C23H30N2O2. The average molecular weight is 367 g/mol. The Labute approximate surface area is 162 Å². The van der Waals surface area contributed by atoms with E-state index in [2.05, 4.69) is 43.4 Å². The van der Waals surface area contributed by atoms with Crippen molar-refractivity contribution in [3.05, 3.63) is 69.8 Å². The second-order valence-corrected chi connectivity index (χ2v) is 6.93. The Morgan fingerprint density at radius 3 is 1.81 bits per heavy atom. The average Bonchev–Trinajstić information content (AvgIpc) is 2.69. The molecule has 0 saturated carbocycles. The molecule has 1 N–H and O–H groups in total. The highest BCUT2D eigenvalue weighted by Crippen LogP contribution is 2.18. The van der Waals surface area contributed by atoms with Crippen molar-refractivity contribution in [3.63, 3.8) is 0 Å². The number of benzene rings is 2. The van der Waals surface area contributed by atoms with Crippen LogP contribution in [-0.2, 0) is 0 Å². The second-order valence-electron chi connectivity index (χ2n) is 6.93. The molecule has 0 bridgehead atoms. The molecule has 0 spiro atoms. The molecule has 2 aromatic rings. The molecule has 0 aliphatic heterocycles. The molecule has 4 heteroatoms. The lowest BCUT2D eigenvalue weighted by Gasteiger charge is -2.19. The molecule has 0 fully saturated rings. The van der Waals surface area contributed by atoms with Gasteiger partial charge in [-0.3, -0.25) is 10.1 Å². The Kier molecular flexibility index (Phi) is 8.56. The largest absolute Gasteiger partial charge is 0.382 e. The molecule has 2 rings (SSSR count). The SMILES string of the molecule is CCCCC(CCCC)Nc1ccc(/C=C/c2ccc([N+](=O)[O-])cc2)cc1. The van der Waals surface area contributed by atoms with E-state index in [0.717, 1.165) is 11.1 Å². The first-order chi connectivity index (χ1) is 13.1. The van der Waals surface area contributed by atoms with Crippen molar-refractivity contribution >= 4 is 23.5 Å². The highest BCUT2D eigenvalue weighted by Gasteiger charge is 2.07. The van der Waals surface area contributed by atoms with Gasteiger partial charge < -0.3 is 5.32 Å². The fraction of sp³-hybridized carbons (Fsp3) is 0.391. The number of nitro groups is 1. The van der Waals surface area contributed by atoms with Crippen LogP contribution < -0.4 is 5.32 Å². The summed E-state index contributed by atoms with van der Waals surface area (Å²) < 4.78 is 0. The van der Waals surface area contributed by atoms with Crippen LogP contribution in [0.3, 0.4) is 0 Å². The van der Waals surface area contributed by atoms with E-state index < -0.39 is 0 Å². The molecule has 0 radical (unpaired) electrons. The first-order valence-electron chi connectivity index (χ1n) is 9.91. The maximum Gasteiger partial charge on any atom is 0.269 e. The van der Waals surface area contributed by atoms with Gasteiger partial charge in [0, 0.05) is 23.9 Å². The smallest absolute Gasteiger partial charge is 0.269 e. The second kappa shape index (κ2) is 11.2. The lowest BCUT2D eigenvalue weighted by atomic mass is 10.0. The minimum absolute atomic E-state index is 0.114. The molecule has 0 saturated heterocycles. The predicted octanol–water partition coefficient (Wildman–Crippen LogP) is 6.93. The Balaban J connectivity index is 1.95. The number of nitrogens with one attached hydrogen (secondary N) is 1. The maximum atomic E-state index is 10.7. The number of nitrogens with zero attached hydrogens (tertiary/aromatic N) is 1. The maximum absolute atomic E-state index is 10.7. The summed E-state index contributed by atoms with van der Waals surface area (Å²) in [5.41, 5.74) is 3.34. The molecule has 0 heterocycles. The lowest BCUT2D eigenvalue weighted by Crippen LogP contribution is -2.19. The Morgan fingerprint density at radius 1 is 0.889 bits per heavy atom. The summed E-state index contributed by atoms with van der Waals surface area (Å²) in [5.74, 6) is 0. The van der Waals surface area contributed by atoms with E-state index in [9.17, 15) is 10.1 Å². The molecule has 0 unspecified atom stereocenters. The fourth-order valence-corrected chi connectivity index (χ4v) is 3.02. The highest BCUT2D eigenvalue weighted by atomic mass is 16.6. The van der Waals surface area contributed by atoms with Crippen LogP contribution in [0.2, 0.25) is 0 Å². The zero-order chi connectivity index (χ0) is 19.5. The predicted molar refractivity (Wildman–Crippen MR) is 115 cm³/mol. The van der Waals surface area contributed by atoms with Crippen LogP contribution >= 0.6 is 0 Å². The number of hydrogen-bond donors (Lipinski definition) is 1. The third-order valence-electron chi connectivity index (χ3n) is 4.67. The molecule has 0 amide bonds. The molecule has 0 aromatic heterocycles. The van der Waals surface area contributed by atoms with Gasteiger partial charge in [0.25, 0.3) is 5.69 Å². The number of rotatable bonds is 11. The van der Waals surface area contributed by atoms with Gasteiger partial charge in [-0.15, -0.1) is 0 Å². The topological polar surface area (TPSA) is 55.2 Å². The summed E-state index contributed by atoms with van der Waals surface area (Å²) in [4.78, 5) is 10.3. The summed E-state index contributed by atoms with van der Waals surface area (Å²) in [6, 6.07) is 15.6. The van der Waals surface area contributed by atoms with E-state index in [4.69, 9.17) is 0 Å². The van der Waals surface area contributed by atoms with E-state index in [1.54, 1.807) is 12.1 Å². The molecule has 0 aliphatic rings. The summed E-state index contributed by atoms with van der Waals surface area (Å²) in [5, 5.41) is 14.4. The first kappa shape index (κ1) is 20.7. The van der Waals surface area contributed by atoms with Crippen LogP contribution in [0.15, 0.2) is 48.5 Å². The minimum atomic E-state index is -0.381. The van der Waals surface area contributed by atoms with Crippen molar-refractivity contribution in [2.24, 2.45) is 0 Å². The van der Waals surface area contributed by atoms with Gasteiger partial charge in [0.2, 0.25) is 0 Å². The van der Waals surface area contributed by atoms with E-state index >= 15 is 0 Å². The van der Waals surface area contributed by atoms with Crippen LogP contribution in [0.5, 0.6) is 0 Å². The van der Waals surface area contributed by atoms with E-state index in [1.807, 2.05) is 12.2 Å². The Morgan fingerprint density at radius 2 is 1.37 bits per heavy atom. The van der Waals surface area contributed by atoms with Crippen molar-refractivity contribution in [1.82, 2.24) is 0 Å². The zero-order valence-electron chi connectivity index (χ0n) is 16.4. The number of non-ortho nitro benzene ring substituents is 1. The zero-order valence-corrected chi connectivity index (χ0v) is 16.4. The number of unbranched alkanes of at least 4 members (excludes halogenated alkanes) is 2. The van der Waals surface area contributed by atoms with Gasteiger partial charge in [0.15, 0.2) is 0 Å². The quantitative estimate of drug-likeness (QED) is 0.266. The number of anilines is 1. The van der Waals surface area contributed by atoms with Crippen LogP contribution in [0.25, 0.3) is 12.2 Å². The van der Waals surface area contributed by atoms with Crippen molar-refractivity contribution in [1.29, 1.82) is 0 Å². The van der Waals surface area contributed by atoms with Crippen LogP contribution in [0.4, 0.5) is 11.4 Å². The molecule has 4 nitrogen and oxygen atoms in total. The van der Waals surface area contributed by atoms with Crippen molar-refractivity contribution in [2.45, 2.75) is 58.4 Å². The van der Waals surface area contributed by atoms with Crippen molar-refractivity contribution in [2.75, 3.05) is 5.32 Å². The Bertz CT molecular complexity index is 713. The summed E-state index contributed by atoms with van der Waals surface area (Å²) in [7, 11) is 0. The fourth-order valence-electron chi connectivity index (χ4n) is 3.02.